The van der Waals surface area contributed by atoms with Crippen molar-refractivity contribution in [2.24, 2.45) is 7.05 Å². The fraction of sp³-hybridized carbons (Fsp3) is 0.100. The van der Waals surface area contributed by atoms with Gasteiger partial charge in [0.15, 0.2) is 0 Å². The van der Waals surface area contributed by atoms with E-state index >= 15 is 0 Å². The largest absolute Gasteiger partial charge is 0.331 e. The molecule has 2 aromatic rings. The SMILES string of the molecule is Cn1cncc1C(=O)c1ccc(F)nc1. The number of nitrogens with zero attached hydrogens (tertiary/aromatic N) is 3. The van der Waals surface area contributed by atoms with E-state index < -0.39 is 5.95 Å². The quantitative estimate of drug-likeness (QED) is 0.546. The Bertz CT molecular complexity index is 490. The number of hydrogen-bond acceptors (Lipinski definition) is 3. The highest BCUT2D eigenvalue weighted by atomic mass is 19.1. The molecule has 0 radical (unpaired) electrons. The van der Waals surface area contributed by atoms with Crippen molar-refractivity contribution in [3.8, 4) is 0 Å². The molecule has 0 atom stereocenters. The number of ketones is 1. The highest BCUT2D eigenvalue weighted by Crippen LogP contribution is 2.07. The molecule has 0 N–H and O–H groups in total. The molecule has 0 bridgehead atoms. The van der Waals surface area contributed by atoms with Gasteiger partial charge in [-0.05, 0) is 12.1 Å². The zero-order valence-electron chi connectivity index (χ0n) is 8.01. The smallest absolute Gasteiger partial charge is 0.212 e. The number of carbonyl (C=O) groups is 1. The summed E-state index contributed by atoms with van der Waals surface area (Å²) in [4.78, 5) is 19.1. The fourth-order valence-electron chi connectivity index (χ4n) is 1.23. The predicted octanol–water partition coefficient (Wildman–Crippen LogP) is 1.19. The lowest BCUT2D eigenvalue weighted by atomic mass is 10.1. The van der Waals surface area contributed by atoms with Crippen LogP contribution in [0.3, 0.4) is 0 Å². The van der Waals surface area contributed by atoms with Crippen molar-refractivity contribution >= 4 is 5.78 Å². The number of carbonyl (C=O) groups excluding carboxylic acids is 1. The van der Waals surface area contributed by atoms with Gasteiger partial charge in [0, 0.05) is 18.8 Å². The molecule has 0 spiro atoms. The highest BCUT2D eigenvalue weighted by Gasteiger charge is 2.12. The number of pyridine rings is 1. The maximum absolute atomic E-state index is 12.5. The van der Waals surface area contributed by atoms with Crippen molar-refractivity contribution < 1.29 is 9.18 Å². The van der Waals surface area contributed by atoms with Crippen LogP contribution in [0, 0.1) is 5.95 Å². The van der Waals surface area contributed by atoms with Gasteiger partial charge >= 0.3 is 0 Å². The fourth-order valence-corrected chi connectivity index (χ4v) is 1.23. The summed E-state index contributed by atoms with van der Waals surface area (Å²) >= 11 is 0. The van der Waals surface area contributed by atoms with Gasteiger partial charge in [0.05, 0.1) is 12.5 Å². The topological polar surface area (TPSA) is 47.8 Å². The Morgan fingerprint density at radius 1 is 1.40 bits per heavy atom. The third kappa shape index (κ3) is 1.76. The van der Waals surface area contributed by atoms with Gasteiger partial charge in [-0.3, -0.25) is 4.79 Å². The summed E-state index contributed by atoms with van der Waals surface area (Å²) in [5.41, 5.74) is 0.795. The first-order chi connectivity index (χ1) is 7.18. The van der Waals surface area contributed by atoms with Crippen molar-refractivity contribution in [2.75, 3.05) is 0 Å². The maximum atomic E-state index is 12.5. The van der Waals surface area contributed by atoms with Crippen molar-refractivity contribution in [1.29, 1.82) is 0 Å². The van der Waals surface area contributed by atoms with Crippen LogP contribution in [-0.2, 0) is 7.05 Å². The molecule has 5 heteroatoms. The van der Waals surface area contributed by atoms with Gasteiger partial charge in [-0.25, -0.2) is 9.97 Å². The number of hydrogen-bond donors (Lipinski definition) is 0. The summed E-state index contributed by atoms with van der Waals surface area (Å²) in [6.07, 6.45) is 4.21. The minimum atomic E-state index is -0.600. The molecule has 0 saturated heterocycles. The molecule has 2 aromatic heterocycles. The number of aromatic nitrogens is 3. The van der Waals surface area contributed by atoms with Gasteiger partial charge < -0.3 is 4.57 Å². The lowest BCUT2D eigenvalue weighted by Crippen LogP contribution is -2.07. The van der Waals surface area contributed by atoms with E-state index in [4.69, 9.17) is 0 Å². The standard InChI is InChI=1S/C10H8FN3O/c1-14-6-12-5-8(14)10(15)7-2-3-9(11)13-4-7/h2-6H,1H3. The van der Waals surface area contributed by atoms with Crippen molar-refractivity contribution in [1.82, 2.24) is 14.5 Å². The summed E-state index contributed by atoms with van der Waals surface area (Å²) < 4.78 is 14.1. The zero-order valence-corrected chi connectivity index (χ0v) is 8.01. The Hall–Kier alpha value is -2.04. The molecule has 4 nitrogen and oxygen atoms in total. The van der Waals surface area contributed by atoms with Crippen LogP contribution in [0.4, 0.5) is 4.39 Å². The van der Waals surface area contributed by atoms with Gasteiger partial charge in [-0.2, -0.15) is 4.39 Å². The number of imidazole rings is 1. The summed E-state index contributed by atoms with van der Waals surface area (Å²) in [6, 6.07) is 2.56. The molecule has 15 heavy (non-hydrogen) atoms. The number of rotatable bonds is 2. The molecule has 2 rings (SSSR count). The molecule has 2 heterocycles. The Morgan fingerprint density at radius 3 is 2.73 bits per heavy atom. The monoisotopic (exact) mass is 205 g/mol. The molecular weight excluding hydrogens is 197 g/mol. The molecule has 0 aromatic carbocycles. The maximum Gasteiger partial charge on any atom is 0.212 e. The number of aryl methyl sites for hydroxylation is 1. The van der Waals surface area contributed by atoms with Crippen LogP contribution >= 0.6 is 0 Å². The summed E-state index contributed by atoms with van der Waals surface area (Å²) in [5, 5.41) is 0. The summed E-state index contributed by atoms with van der Waals surface area (Å²) in [7, 11) is 1.72. The predicted molar refractivity (Wildman–Crippen MR) is 50.8 cm³/mol. The second-order valence-electron chi connectivity index (χ2n) is 3.09. The van der Waals surface area contributed by atoms with Crippen molar-refractivity contribution in [3.63, 3.8) is 0 Å². The van der Waals surface area contributed by atoms with Gasteiger partial charge in [0.1, 0.15) is 5.69 Å². The van der Waals surface area contributed by atoms with E-state index in [0.717, 1.165) is 6.07 Å². The Kier molecular flexibility index (Phi) is 2.29. The van der Waals surface area contributed by atoms with Crippen LogP contribution in [0.15, 0.2) is 30.9 Å². The van der Waals surface area contributed by atoms with E-state index in [0.29, 0.717) is 11.3 Å². The van der Waals surface area contributed by atoms with Crippen molar-refractivity contribution in [3.05, 3.63) is 48.1 Å². The normalized spacial score (nSPS) is 10.3. The van der Waals surface area contributed by atoms with Crippen LogP contribution in [-0.4, -0.2) is 20.3 Å². The van der Waals surface area contributed by atoms with Crippen LogP contribution in [0.2, 0.25) is 0 Å². The van der Waals surface area contributed by atoms with Crippen LogP contribution in [0.25, 0.3) is 0 Å². The minimum Gasteiger partial charge on any atom is -0.331 e. The van der Waals surface area contributed by atoms with Crippen LogP contribution in [0.5, 0.6) is 0 Å². The molecule has 0 aliphatic carbocycles. The van der Waals surface area contributed by atoms with E-state index in [1.54, 1.807) is 11.6 Å². The van der Waals surface area contributed by atoms with Gasteiger partial charge in [0.2, 0.25) is 11.7 Å². The van der Waals surface area contributed by atoms with Crippen LogP contribution < -0.4 is 0 Å². The van der Waals surface area contributed by atoms with E-state index in [1.807, 2.05) is 0 Å². The van der Waals surface area contributed by atoms with Crippen LogP contribution in [0.1, 0.15) is 16.1 Å². The first kappa shape index (κ1) is 9.51. The first-order valence-corrected chi connectivity index (χ1v) is 4.31. The van der Waals surface area contributed by atoms with E-state index in [2.05, 4.69) is 9.97 Å². The second-order valence-corrected chi connectivity index (χ2v) is 3.09. The molecule has 0 saturated carbocycles. The van der Waals surface area contributed by atoms with Crippen molar-refractivity contribution in [2.45, 2.75) is 0 Å². The Balaban J connectivity index is 2.37. The number of halogens is 1. The van der Waals surface area contributed by atoms with Gasteiger partial charge in [-0.15, -0.1) is 0 Å². The summed E-state index contributed by atoms with van der Waals surface area (Å²) in [6.45, 7) is 0. The van der Waals surface area contributed by atoms with E-state index in [9.17, 15) is 9.18 Å². The average Bonchev–Trinajstić information content (AvgIpc) is 2.65. The third-order valence-corrected chi connectivity index (χ3v) is 2.04. The molecule has 0 unspecified atom stereocenters. The molecule has 76 valence electrons. The van der Waals surface area contributed by atoms with Gasteiger partial charge in [-0.1, -0.05) is 0 Å². The second kappa shape index (κ2) is 3.61. The molecule has 0 aliphatic rings. The Morgan fingerprint density at radius 2 is 2.20 bits per heavy atom. The summed E-state index contributed by atoms with van der Waals surface area (Å²) in [5.74, 6) is -0.820. The van der Waals surface area contributed by atoms with Gasteiger partial charge in [0.25, 0.3) is 0 Å². The molecule has 0 fully saturated rings. The lowest BCUT2D eigenvalue weighted by Gasteiger charge is -2.00. The third-order valence-electron chi connectivity index (χ3n) is 2.04. The molecule has 0 aliphatic heterocycles. The highest BCUT2D eigenvalue weighted by molar-refractivity contribution is 6.07. The first-order valence-electron chi connectivity index (χ1n) is 4.31. The zero-order chi connectivity index (χ0) is 10.8. The Labute approximate surface area is 85.4 Å². The minimum absolute atomic E-state index is 0.220. The molecule has 0 amide bonds. The van der Waals surface area contributed by atoms with E-state index in [1.165, 1.54) is 24.8 Å². The lowest BCUT2D eigenvalue weighted by molar-refractivity contribution is 0.103. The van der Waals surface area contributed by atoms with E-state index in [-0.39, 0.29) is 5.78 Å². The average molecular weight is 205 g/mol. The molecular formula is C10H8FN3O.